The zero-order valence-corrected chi connectivity index (χ0v) is 13.6. The Hall–Kier alpha value is -2.36. The summed E-state index contributed by atoms with van der Waals surface area (Å²) in [5, 5.41) is 3.96. The van der Waals surface area contributed by atoms with Crippen molar-refractivity contribution in [2.75, 3.05) is 7.11 Å². The second-order valence-corrected chi connectivity index (χ2v) is 5.95. The summed E-state index contributed by atoms with van der Waals surface area (Å²) in [7, 11) is 1.56. The molecule has 1 N–H and O–H groups in total. The number of aromatic nitrogens is 1. The summed E-state index contributed by atoms with van der Waals surface area (Å²) in [4.78, 5) is 17.2. The first-order valence-corrected chi connectivity index (χ1v) is 8.12. The van der Waals surface area contributed by atoms with Crippen molar-refractivity contribution in [3.63, 3.8) is 0 Å². The first kappa shape index (κ1) is 15.5. The number of nitrogens with zero attached hydrogens (tertiary/aromatic N) is 1. The summed E-state index contributed by atoms with van der Waals surface area (Å²) in [5.41, 5.74) is 2.70. The zero-order chi connectivity index (χ0) is 16.2. The van der Waals surface area contributed by atoms with Gasteiger partial charge in [0.15, 0.2) is 0 Å². The van der Waals surface area contributed by atoms with Gasteiger partial charge < -0.3 is 10.1 Å². The van der Waals surface area contributed by atoms with Crippen LogP contribution in [0.25, 0.3) is 10.9 Å². The Balaban J connectivity index is 1.89. The molecule has 0 saturated carbocycles. The quantitative estimate of drug-likeness (QED) is 0.872. The summed E-state index contributed by atoms with van der Waals surface area (Å²) in [6.45, 7) is 2.05. The molecule has 4 heteroatoms. The van der Waals surface area contributed by atoms with Gasteiger partial charge in [0.1, 0.15) is 0 Å². The number of hydrogen-bond acceptors (Lipinski definition) is 3. The molecule has 1 aliphatic carbocycles. The maximum atomic E-state index is 12.8. The molecule has 0 aliphatic heterocycles. The van der Waals surface area contributed by atoms with E-state index in [1.807, 2.05) is 24.3 Å². The van der Waals surface area contributed by atoms with Crippen LogP contribution >= 0.6 is 0 Å². The minimum atomic E-state index is -0.0825. The molecule has 3 rings (SSSR count). The average molecular weight is 310 g/mol. The van der Waals surface area contributed by atoms with Crippen LogP contribution in [0.1, 0.15) is 43.0 Å². The Morgan fingerprint density at radius 2 is 2.13 bits per heavy atom. The third kappa shape index (κ3) is 3.36. The number of methoxy groups -OCH3 is 1. The van der Waals surface area contributed by atoms with Gasteiger partial charge in [-0.3, -0.25) is 4.79 Å². The first-order chi connectivity index (χ1) is 11.2. The number of fused-ring (bicyclic) bond motifs is 1. The molecule has 23 heavy (non-hydrogen) atoms. The molecule has 0 saturated heterocycles. The lowest BCUT2D eigenvalue weighted by Crippen LogP contribution is -2.34. The van der Waals surface area contributed by atoms with Crippen molar-refractivity contribution in [2.24, 2.45) is 0 Å². The third-order valence-corrected chi connectivity index (χ3v) is 4.38. The molecule has 0 bridgehead atoms. The van der Waals surface area contributed by atoms with E-state index in [2.05, 4.69) is 23.3 Å². The number of pyridine rings is 1. The van der Waals surface area contributed by atoms with Crippen molar-refractivity contribution in [1.82, 2.24) is 10.3 Å². The third-order valence-electron chi connectivity index (χ3n) is 4.38. The number of rotatable bonds is 4. The van der Waals surface area contributed by atoms with Gasteiger partial charge in [0, 0.05) is 17.5 Å². The monoisotopic (exact) mass is 310 g/mol. The molecule has 1 heterocycles. The Morgan fingerprint density at radius 1 is 1.30 bits per heavy atom. The van der Waals surface area contributed by atoms with Crippen molar-refractivity contribution in [1.29, 1.82) is 0 Å². The highest BCUT2D eigenvalue weighted by Gasteiger charge is 2.18. The summed E-state index contributed by atoms with van der Waals surface area (Å²) in [5.74, 6) is 0.374. The number of amides is 1. The molecule has 4 nitrogen and oxygen atoms in total. The van der Waals surface area contributed by atoms with Crippen LogP contribution < -0.4 is 10.1 Å². The minimum Gasteiger partial charge on any atom is -0.481 e. The van der Waals surface area contributed by atoms with Gasteiger partial charge in [-0.15, -0.1) is 0 Å². The maximum absolute atomic E-state index is 12.8. The molecule has 0 radical (unpaired) electrons. The van der Waals surface area contributed by atoms with Gasteiger partial charge in [0.25, 0.3) is 5.91 Å². The van der Waals surface area contributed by atoms with Gasteiger partial charge in [-0.25, -0.2) is 4.98 Å². The van der Waals surface area contributed by atoms with Crippen LogP contribution in [-0.4, -0.2) is 24.0 Å². The van der Waals surface area contributed by atoms with E-state index in [-0.39, 0.29) is 11.9 Å². The molecule has 120 valence electrons. The lowest BCUT2D eigenvalue weighted by molar-refractivity contribution is 0.0945. The van der Waals surface area contributed by atoms with Crippen LogP contribution in [0.3, 0.4) is 0 Å². The van der Waals surface area contributed by atoms with Gasteiger partial charge in [-0.05, 0) is 38.7 Å². The molecule has 2 aromatic rings. The Labute approximate surface area is 136 Å². The number of ether oxygens (including phenoxy) is 1. The van der Waals surface area contributed by atoms with E-state index in [9.17, 15) is 4.79 Å². The summed E-state index contributed by atoms with van der Waals surface area (Å²) in [6, 6.07) is 9.40. The molecular formula is C19H22N2O2. The van der Waals surface area contributed by atoms with Gasteiger partial charge >= 0.3 is 0 Å². The minimum absolute atomic E-state index is 0.0562. The molecule has 0 unspecified atom stereocenters. The first-order valence-electron chi connectivity index (χ1n) is 8.12. The molecule has 0 fully saturated rings. The van der Waals surface area contributed by atoms with E-state index in [0.29, 0.717) is 11.4 Å². The maximum Gasteiger partial charge on any atom is 0.252 e. The number of nitrogens with one attached hydrogen (secondary N) is 1. The molecule has 1 aliphatic rings. The van der Waals surface area contributed by atoms with Crippen molar-refractivity contribution in [3.05, 3.63) is 47.5 Å². The smallest absolute Gasteiger partial charge is 0.252 e. The summed E-state index contributed by atoms with van der Waals surface area (Å²) < 4.78 is 5.23. The van der Waals surface area contributed by atoms with Crippen LogP contribution in [-0.2, 0) is 0 Å². The largest absolute Gasteiger partial charge is 0.481 e. The van der Waals surface area contributed by atoms with Crippen molar-refractivity contribution < 1.29 is 9.53 Å². The van der Waals surface area contributed by atoms with Crippen LogP contribution in [0.5, 0.6) is 5.88 Å². The van der Waals surface area contributed by atoms with Crippen LogP contribution in [0.15, 0.2) is 42.0 Å². The number of benzene rings is 1. The van der Waals surface area contributed by atoms with E-state index in [1.54, 1.807) is 13.2 Å². The number of hydrogen-bond donors (Lipinski definition) is 1. The van der Waals surface area contributed by atoms with Crippen LogP contribution in [0, 0.1) is 0 Å². The van der Waals surface area contributed by atoms with Crippen LogP contribution in [0.2, 0.25) is 0 Å². The number of para-hydroxylation sites is 1. The Bertz CT molecular complexity index is 752. The predicted octanol–water partition coefficient (Wildman–Crippen LogP) is 3.86. The van der Waals surface area contributed by atoms with E-state index < -0.39 is 0 Å². The number of carbonyl (C=O) groups is 1. The fraction of sp³-hybridized carbons (Fsp3) is 0.368. The molecule has 1 aromatic carbocycles. The zero-order valence-electron chi connectivity index (χ0n) is 13.6. The molecule has 1 aromatic heterocycles. The highest BCUT2D eigenvalue weighted by molar-refractivity contribution is 6.06. The van der Waals surface area contributed by atoms with Gasteiger partial charge in [0.2, 0.25) is 5.88 Å². The van der Waals surface area contributed by atoms with Crippen molar-refractivity contribution >= 4 is 16.8 Å². The fourth-order valence-electron chi connectivity index (χ4n) is 3.07. The fourth-order valence-corrected chi connectivity index (χ4v) is 3.07. The normalized spacial score (nSPS) is 15.8. The lowest BCUT2D eigenvalue weighted by Gasteiger charge is -2.21. The average Bonchev–Trinajstić information content (AvgIpc) is 2.61. The molecule has 1 amide bonds. The van der Waals surface area contributed by atoms with E-state index in [1.165, 1.54) is 18.4 Å². The molecular weight excluding hydrogens is 288 g/mol. The highest BCUT2D eigenvalue weighted by atomic mass is 16.5. The van der Waals surface area contributed by atoms with Crippen molar-refractivity contribution in [3.8, 4) is 5.88 Å². The Morgan fingerprint density at radius 3 is 2.87 bits per heavy atom. The van der Waals surface area contributed by atoms with Gasteiger partial charge in [0.05, 0.1) is 18.2 Å². The molecule has 0 spiro atoms. The van der Waals surface area contributed by atoms with Crippen molar-refractivity contribution in [2.45, 2.75) is 38.6 Å². The SMILES string of the molecule is COc1cc(C(=O)N[C@H](C)C2=CCCCC2)c2ccccc2n1. The molecule has 1 atom stereocenters. The standard InChI is InChI=1S/C19H22N2O2/c1-13(14-8-4-3-5-9-14)20-19(22)16-12-18(23-2)21-17-11-7-6-10-15(16)17/h6-8,10-13H,3-5,9H2,1-2H3,(H,20,22)/t13-/m1/s1. The second-order valence-electron chi connectivity index (χ2n) is 5.95. The van der Waals surface area contributed by atoms with Gasteiger partial charge in [-0.2, -0.15) is 0 Å². The highest BCUT2D eigenvalue weighted by Crippen LogP contribution is 2.23. The number of carbonyl (C=O) groups excluding carboxylic acids is 1. The topological polar surface area (TPSA) is 51.2 Å². The van der Waals surface area contributed by atoms with E-state index >= 15 is 0 Å². The lowest BCUT2D eigenvalue weighted by atomic mass is 9.94. The van der Waals surface area contributed by atoms with Crippen LogP contribution in [0.4, 0.5) is 0 Å². The Kier molecular flexibility index (Phi) is 4.60. The predicted molar refractivity (Wildman–Crippen MR) is 91.8 cm³/mol. The summed E-state index contributed by atoms with van der Waals surface area (Å²) in [6.07, 6.45) is 6.90. The van der Waals surface area contributed by atoms with E-state index in [4.69, 9.17) is 4.74 Å². The van der Waals surface area contributed by atoms with Gasteiger partial charge in [-0.1, -0.05) is 29.8 Å². The van der Waals surface area contributed by atoms with E-state index in [0.717, 1.165) is 23.7 Å². The second kappa shape index (κ2) is 6.82. The number of allylic oxidation sites excluding steroid dienone is 1. The summed E-state index contributed by atoms with van der Waals surface area (Å²) >= 11 is 0.